The van der Waals surface area contributed by atoms with Gasteiger partial charge >= 0.3 is 0 Å². The molecule has 0 aliphatic heterocycles. The third kappa shape index (κ3) is 6.34. The van der Waals surface area contributed by atoms with Gasteiger partial charge in [0.25, 0.3) is 5.91 Å². The second-order valence-corrected chi connectivity index (χ2v) is 10.3. The SMILES string of the molecule is Cc1sc(NC(=O)CSc2n[nH]c(C(NC(=O)c3ccccc3)C(C)C)n2)nc1-c1ccccc1. The third-order valence-electron chi connectivity index (χ3n) is 5.19. The van der Waals surface area contributed by atoms with Crippen LogP contribution in [0.1, 0.15) is 40.9 Å². The molecule has 0 fully saturated rings. The highest BCUT2D eigenvalue weighted by Gasteiger charge is 2.23. The van der Waals surface area contributed by atoms with Crippen LogP contribution >= 0.6 is 23.1 Å². The number of rotatable bonds is 9. The van der Waals surface area contributed by atoms with E-state index in [4.69, 9.17) is 0 Å². The minimum Gasteiger partial charge on any atom is -0.342 e. The number of aromatic nitrogens is 4. The van der Waals surface area contributed by atoms with E-state index < -0.39 is 0 Å². The van der Waals surface area contributed by atoms with Gasteiger partial charge in [0.1, 0.15) is 5.82 Å². The number of aromatic amines is 1. The van der Waals surface area contributed by atoms with Gasteiger partial charge < -0.3 is 10.6 Å². The molecule has 0 radical (unpaired) electrons. The molecule has 0 spiro atoms. The summed E-state index contributed by atoms with van der Waals surface area (Å²) >= 11 is 2.66. The molecule has 0 saturated carbocycles. The quantitative estimate of drug-likeness (QED) is 0.273. The van der Waals surface area contributed by atoms with E-state index in [1.54, 1.807) is 12.1 Å². The van der Waals surface area contributed by atoms with Gasteiger partial charge in [0.05, 0.1) is 17.5 Å². The lowest BCUT2D eigenvalue weighted by Crippen LogP contribution is -2.32. The Kier molecular flexibility index (Phi) is 7.94. The average Bonchev–Trinajstić information content (AvgIpc) is 3.48. The summed E-state index contributed by atoms with van der Waals surface area (Å²) in [6.45, 7) is 5.98. The van der Waals surface area contributed by atoms with Gasteiger partial charge in [0.2, 0.25) is 11.1 Å². The molecular weight excluding hydrogens is 480 g/mol. The number of H-pyrrole nitrogens is 1. The van der Waals surface area contributed by atoms with Crippen molar-refractivity contribution in [2.24, 2.45) is 5.92 Å². The van der Waals surface area contributed by atoms with E-state index in [1.165, 1.54) is 23.1 Å². The molecule has 1 unspecified atom stereocenters. The third-order valence-corrected chi connectivity index (χ3v) is 6.92. The number of aryl methyl sites for hydroxylation is 1. The number of carbonyl (C=O) groups is 2. The van der Waals surface area contributed by atoms with Crippen molar-refractivity contribution in [1.29, 1.82) is 0 Å². The number of carbonyl (C=O) groups excluding carboxylic acids is 2. The number of anilines is 1. The predicted molar refractivity (Wildman–Crippen MR) is 140 cm³/mol. The van der Waals surface area contributed by atoms with E-state index in [0.717, 1.165) is 16.1 Å². The van der Waals surface area contributed by atoms with Gasteiger partial charge in [-0.25, -0.2) is 9.97 Å². The molecule has 3 N–H and O–H groups in total. The van der Waals surface area contributed by atoms with Crippen molar-refractivity contribution in [1.82, 2.24) is 25.5 Å². The van der Waals surface area contributed by atoms with Gasteiger partial charge in [-0.2, -0.15) is 0 Å². The van der Waals surface area contributed by atoms with E-state index in [2.05, 4.69) is 30.8 Å². The van der Waals surface area contributed by atoms with E-state index in [9.17, 15) is 9.59 Å². The molecule has 180 valence electrons. The Labute approximate surface area is 212 Å². The maximum atomic E-state index is 12.6. The fourth-order valence-corrected chi connectivity index (χ4v) is 4.88. The summed E-state index contributed by atoms with van der Waals surface area (Å²) in [6, 6.07) is 18.6. The zero-order valence-corrected chi connectivity index (χ0v) is 21.2. The van der Waals surface area contributed by atoms with Crippen molar-refractivity contribution < 1.29 is 9.59 Å². The van der Waals surface area contributed by atoms with Crippen molar-refractivity contribution in [3.63, 3.8) is 0 Å². The summed E-state index contributed by atoms with van der Waals surface area (Å²) in [5, 5.41) is 14.0. The van der Waals surface area contributed by atoms with Crippen LogP contribution in [0.25, 0.3) is 11.3 Å². The fraction of sp³-hybridized carbons (Fsp3) is 0.240. The predicted octanol–water partition coefficient (Wildman–Crippen LogP) is 5.09. The number of thiazole rings is 1. The second kappa shape index (κ2) is 11.3. The minimum absolute atomic E-state index is 0.0868. The normalized spacial score (nSPS) is 11.9. The Balaban J connectivity index is 1.34. The van der Waals surface area contributed by atoms with E-state index in [1.807, 2.05) is 69.3 Å². The molecular formula is C25H26N6O2S2. The first-order valence-electron chi connectivity index (χ1n) is 11.1. The largest absolute Gasteiger partial charge is 0.342 e. The van der Waals surface area contributed by atoms with Crippen LogP contribution in [0.2, 0.25) is 0 Å². The van der Waals surface area contributed by atoms with Crippen LogP contribution in [-0.2, 0) is 4.79 Å². The lowest BCUT2D eigenvalue weighted by atomic mass is 10.0. The van der Waals surface area contributed by atoms with Crippen LogP contribution in [0.3, 0.4) is 0 Å². The Morgan fingerprint density at radius 1 is 1.03 bits per heavy atom. The first-order valence-corrected chi connectivity index (χ1v) is 12.9. The number of hydrogen-bond donors (Lipinski definition) is 3. The molecule has 0 aliphatic rings. The zero-order valence-electron chi connectivity index (χ0n) is 19.6. The topological polar surface area (TPSA) is 113 Å². The molecule has 0 bridgehead atoms. The van der Waals surface area contributed by atoms with Crippen LogP contribution < -0.4 is 10.6 Å². The average molecular weight is 507 g/mol. The molecule has 2 aromatic heterocycles. The summed E-state index contributed by atoms with van der Waals surface area (Å²) in [5.74, 6) is 0.411. The number of thioether (sulfide) groups is 1. The van der Waals surface area contributed by atoms with Crippen molar-refractivity contribution in [3.05, 3.63) is 76.9 Å². The van der Waals surface area contributed by atoms with Gasteiger partial charge in [-0.3, -0.25) is 14.7 Å². The van der Waals surface area contributed by atoms with Crippen LogP contribution in [0.15, 0.2) is 65.8 Å². The van der Waals surface area contributed by atoms with Gasteiger partial charge in [-0.05, 0) is 25.0 Å². The minimum atomic E-state index is -0.340. The summed E-state index contributed by atoms with van der Waals surface area (Å²) in [6.07, 6.45) is 0. The highest BCUT2D eigenvalue weighted by Crippen LogP contribution is 2.30. The smallest absolute Gasteiger partial charge is 0.251 e. The molecule has 0 saturated heterocycles. The highest BCUT2D eigenvalue weighted by atomic mass is 32.2. The second-order valence-electron chi connectivity index (χ2n) is 8.19. The maximum absolute atomic E-state index is 12.6. The van der Waals surface area contributed by atoms with E-state index in [-0.39, 0.29) is 29.5 Å². The molecule has 4 aromatic rings. The Morgan fingerprint density at radius 2 is 1.71 bits per heavy atom. The molecule has 2 amide bonds. The van der Waals surface area contributed by atoms with Crippen molar-refractivity contribution in [3.8, 4) is 11.3 Å². The molecule has 4 rings (SSSR count). The van der Waals surface area contributed by atoms with Crippen molar-refractivity contribution in [2.75, 3.05) is 11.1 Å². The van der Waals surface area contributed by atoms with Crippen molar-refractivity contribution in [2.45, 2.75) is 32.0 Å². The monoisotopic (exact) mass is 506 g/mol. The zero-order chi connectivity index (χ0) is 24.8. The van der Waals surface area contributed by atoms with Crippen LogP contribution in [-0.4, -0.2) is 37.7 Å². The summed E-state index contributed by atoms with van der Waals surface area (Å²) in [7, 11) is 0. The summed E-state index contributed by atoms with van der Waals surface area (Å²) in [5.41, 5.74) is 2.47. The van der Waals surface area contributed by atoms with E-state index >= 15 is 0 Å². The Hall–Kier alpha value is -3.50. The maximum Gasteiger partial charge on any atom is 0.251 e. The summed E-state index contributed by atoms with van der Waals surface area (Å²) < 4.78 is 0. The molecule has 2 heterocycles. The van der Waals surface area contributed by atoms with Crippen LogP contribution in [0.4, 0.5) is 5.13 Å². The van der Waals surface area contributed by atoms with Crippen LogP contribution in [0, 0.1) is 12.8 Å². The van der Waals surface area contributed by atoms with Gasteiger partial charge in [-0.1, -0.05) is 74.1 Å². The molecule has 35 heavy (non-hydrogen) atoms. The number of hydrogen-bond acceptors (Lipinski definition) is 7. The Morgan fingerprint density at radius 3 is 2.40 bits per heavy atom. The number of benzene rings is 2. The van der Waals surface area contributed by atoms with Crippen LogP contribution in [0.5, 0.6) is 0 Å². The molecule has 2 aromatic carbocycles. The lowest BCUT2D eigenvalue weighted by molar-refractivity contribution is -0.113. The van der Waals surface area contributed by atoms with Gasteiger partial charge in [-0.15, -0.1) is 16.4 Å². The molecule has 8 nitrogen and oxygen atoms in total. The molecule has 1 atom stereocenters. The van der Waals surface area contributed by atoms with Crippen molar-refractivity contribution >= 4 is 40.0 Å². The lowest BCUT2D eigenvalue weighted by Gasteiger charge is -2.19. The summed E-state index contributed by atoms with van der Waals surface area (Å²) in [4.78, 5) is 35.2. The standard InChI is InChI=1S/C25H26N6O2S2/c1-15(2)20(27-23(33)18-12-8-5-9-13-18)22-29-25(31-30-22)34-14-19(32)26-24-28-21(16(3)35-24)17-10-6-4-7-11-17/h4-13,15,20H,14H2,1-3H3,(H,27,33)(H,26,28,32)(H,29,30,31). The first kappa shape index (κ1) is 24.6. The highest BCUT2D eigenvalue weighted by molar-refractivity contribution is 7.99. The fourth-order valence-electron chi connectivity index (χ4n) is 3.43. The van der Waals surface area contributed by atoms with Gasteiger partial charge in [0.15, 0.2) is 5.13 Å². The molecule has 10 heteroatoms. The first-order chi connectivity index (χ1) is 16.9. The number of nitrogens with one attached hydrogen (secondary N) is 3. The number of nitrogens with zero attached hydrogens (tertiary/aromatic N) is 3. The molecule has 0 aliphatic carbocycles. The number of amides is 2. The van der Waals surface area contributed by atoms with E-state index in [0.29, 0.717) is 21.7 Å². The Bertz CT molecular complexity index is 1290. The van der Waals surface area contributed by atoms with Gasteiger partial charge in [0, 0.05) is 16.0 Å².